The highest BCUT2D eigenvalue weighted by Gasteiger charge is 2.33. The van der Waals surface area contributed by atoms with E-state index < -0.39 is 11.7 Å². The van der Waals surface area contributed by atoms with E-state index in [0.717, 1.165) is 6.07 Å². The van der Waals surface area contributed by atoms with Crippen molar-refractivity contribution in [2.75, 3.05) is 5.32 Å². The van der Waals surface area contributed by atoms with Crippen LogP contribution >= 0.6 is 23.2 Å². The first-order valence-electron chi connectivity index (χ1n) is 7.23. The van der Waals surface area contributed by atoms with E-state index in [1.54, 1.807) is 35.0 Å². The van der Waals surface area contributed by atoms with Crippen LogP contribution in [0.4, 0.5) is 24.8 Å². The number of alkyl halides is 3. The van der Waals surface area contributed by atoms with Gasteiger partial charge in [-0.2, -0.15) is 13.2 Å². The van der Waals surface area contributed by atoms with E-state index in [1.807, 2.05) is 0 Å². The molecular weight excluding hydrogens is 374 g/mol. The highest BCUT2D eigenvalue weighted by molar-refractivity contribution is 6.39. The van der Waals surface area contributed by atoms with Gasteiger partial charge in [0.15, 0.2) is 0 Å². The summed E-state index contributed by atoms with van der Waals surface area (Å²) in [5.41, 5.74) is -0.0888. The second kappa shape index (κ2) is 6.98. The van der Waals surface area contributed by atoms with Crippen LogP contribution in [-0.2, 0) is 12.7 Å². The van der Waals surface area contributed by atoms with Crippen LogP contribution < -0.4 is 5.32 Å². The number of imidazole rings is 1. The SMILES string of the molecule is FC(F)(F)c1ccccc1Cn1ccnc1Nc1c(Cl)cccc1Cl. The molecule has 1 N–H and O–H groups in total. The standard InChI is InChI=1S/C17H12Cl2F3N3/c18-13-6-3-7-14(19)15(13)24-16-23-8-9-25(16)10-11-4-1-2-5-12(11)17(20,21)22/h1-9H,10H2,(H,23,24). The molecule has 1 aromatic heterocycles. The minimum Gasteiger partial charge on any atom is -0.323 e. The molecule has 0 radical (unpaired) electrons. The molecular formula is C17H12Cl2F3N3. The number of nitrogens with zero attached hydrogens (tertiary/aromatic N) is 2. The zero-order chi connectivity index (χ0) is 18.0. The Hall–Kier alpha value is -2.18. The fraction of sp³-hybridized carbons (Fsp3) is 0.118. The molecule has 8 heteroatoms. The second-order valence-electron chi connectivity index (χ2n) is 5.26. The van der Waals surface area contributed by atoms with Gasteiger partial charge < -0.3 is 9.88 Å². The van der Waals surface area contributed by atoms with Crippen molar-refractivity contribution < 1.29 is 13.2 Å². The number of hydrogen-bond donors (Lipinski definition) is 1. The number of nitrogens with one attached hydrogen (secondary N) is 1. The Balaban J connectivity index is 1.92. The van der Waals surface area contributed by atoms with Crippen LogP contribution in [0.2, 0.25) is 10.0 Å². The molecule has 0 amide bonds. The zero-order valence-electron chi connectivity index (χ0n) is 12.7. The molecule has 3 aromatic rings. The lowest BCUT2D eigenvalue weighted by Gasteiger charge is -2.15. The number of anilines is 2. The second-order valence-corrected chi connectivity index (χ2v) is 6.07. The summed E-state index contributed by atoms with van der Waals surface area (Å²) in [6.45, 7) is 0.0000876. The van der Waals surface area contributed by atoms with Crippen molar-refractivity contribution in [3.8, 4) is 0 Å². The number of hydrogen-bond acceptors (Lipinski definition) is 2. The molecule has 0 aliphatic heterocycles. The van der Waals surface area contributed by atoms with E-state index in [1.165, 1.54) is 18.3 Å². The molecule has 1 heterocycles. The fourth-order valence-electron chi connectivity index (χ4n) is 2.41. The van der Waals surface area contributed by atoms with Crippen LogP contribution in [-0.4, -0.2) is 9.55 Å². The van der Waals surface area contributed by atoms with Crippen LogP contribution in [0.15, 0.2) is 54.9 Å². The molecule has 0 unspecified atom stereocenters. The molecule has 130 valence electrons. The summed E-state index contributed by atoms with van der Waals surface area (Å²) in [5, 5.41) is 3.75. The van der Waals surface area contributed by atoms with Gasteiger partial charge in [-0.15, -0.1) is 0 Å². The number of rotatable bonds is 4. The summed E-state index contributed by atoms with van der Waals surface area (Å²) in [7, 11) is 0. The smallest absolute Gasteiger partial charge is 0.323 e. The molecule has 0 aliphatic rings. The third kappa shape index (κ3) is 3.91. The predicted octanol–water partition coefficient (Wildman–Crippen LogP) is 6.00. The summed E-state index contributed by atoms with van der Waals surface area (Å²) < 4.78 is 41.0. The van der Waals surface area contributed by atoms with Crippen LogP contribution in [0.5, 0.6) is 0 Å². The van der Waals surface area contributed by atoms with Gasteiger partial charge in [-0.1, -0.05) is 47.5 Å². The van der Waals surface area contributed by atoms with Crippen molar-refractivity contribution in [3.63, 3.8) is 0 Å². The molecule has 0 bridgehead atoms. The lowest BCUT2D eigenvalue weighted by atomic mass is 10.1. The topological polar surface area (TPSA) is 29.9 Å². The average Bonchev–Trinajstić information content (AvgIpc) is 2.97. The normalized spacial score (nSPS) is 11.6. The molecule has 0 fully saturated rings. The Morgan fingerprint density at radius 1 is 1.00 bits per heavy atom. The van der Waals surface area contributed by atoms with Gasteiger partial charge in [0, 0.05) is 12.4 Å². The predicted molar refractivity (Wildman–Crippen MR) is 92.5 cm³/mol. The molecule has 2 aromatic carbocycles. The molecule has 0 aliphatic carbocycles. The lowest BCUT2D eigenvalue weighted by Crippen LogP contribution is -2.12. The first-order valence-corrected chi connectivity index (χ1v) is 7.99. The van der Waals surface area contributed by atoms with Gasteiger partial charge in [0.1, 0.15) is 0 Å². The van der Waals surface area contributed by atoms with Crippen molar-refractivity contribution >= 4 is 34.8 Å². The third-order valence-electron chi connectivity index (χ3n) is 3.58. The van der Waals surface area contributed by atoms with Crippen molar-refractivity contribution in [3.05, 3.63) is 76.0 Å². The van der Waals surface area contributed by atoms with Crippen LogP contribution in [0.3, 0.4) is 0 Å². The highest BCUT2D eigenvalue weighted by Crippen LogP contribution is 2.34. The van der Waals surface area contributed by atoms with E-state index in [4.69, 9.17) is 23.2 Å². The van der Waals surface area contributed by atoms with Gasteiger partial charge in [-0.05, 0) is 23.8 Å². The van der Waals surface area contributed by atoms with Crippen LogP contribution in [0.1, 0.15) is 11.1 Å². The van der Waals surface area contributed by atoms with Crippen molar-refractivity contribution in [1.29, 1.82) is 0 Å². The van der Waals surface area contributed by atoms with Crippen LogP contribution in [0, 0.1) is 0 Å². The Bertz CT molecular complexity index is 871. The van der Waals surface area contributed by atoms with Gasteiger partial charge in [0.2, 0.25) is 5.95 Å². The molecule has 0 spiro atoms. The molecule has 3 rings (SSSR count). The molecule has 0 saturated heterocycles. The Morgan fingerprint density at radius 3 is 2.36 bits per heavy atom. The van der Waals surface area contributed by atoms with E-state index in [-0.39, 0.29) is 12.1 Å². The molecule has 0 saturated carbocycles. The lowest BCUT2D eigenvalue weighted by molar-refractivity contribution is -0.138. The minimum absolute atomic E-state index is 0.0000876. The monoisotopic (exact) mass is 385 g/mol. The number of aromatic nitrogens is 2. The Labute approximate surface area is 152 Å². The fourth-order valence-corrected chi connectivity index (χ4v) is 2.90. The largest absolute Gasteiger partial charge is 0.416 e. The minimum atomic E-state index is -4.42. The van der Waals surface area contributed by atoms with Gasteiger partial charge in [0.25, 0.3) is 0 Å². The maximum absolute atomic E-state index is 13.2. The van der Waals surface area contributed by atoms with Gasteiger partial charge >= 0.3 is 6.18 Å². The summed E-state index contributed by atoms with van der Waals surface area (Å²) in [5.74, 6) is 0.340. The highest BCUT2D eigenvalue weighted by atomic mass is 35.5. The third-order valence-corrected chi connectivity index (χ3v) is 4.21. The molecule has 25 heavy (non-hydrogen) atoms. The van der Waals surface area contributed by atoms with E-state index in [9.17, 15) is 13.2 Å². The average molecular weight is 386 g/mol. The van der Waals surface area contributed by atoms with E-state index in [0.29, 0.717) is 21.7 Å². The maximum atomic E-state index is 13.2. The molecule has 0 atom stereocenters. The summed E-state index contributed by atoms with van der Waals surface area (Å²) in [6.07, 6.45) is -1.35. The van der Waals surface area contributed by atoms with E-state index >= 15 is 0 Å². The number of halogens is 5. The maximum Gasteiger partial charge on any atom is 0.416 e. The first-order chi connectivity index (χ1) is 11.9. The van der Waals surface area contributed by atoms with E-state index in [2.05, 4.69) is 10.3 Å². The number of benzene rings is 2. The first kappa shape index (κ1) is 17.6. The summed E-state index contributed by atoms with van der Waals surface area (Å²) in [4.78, 5) is 4.14. The van der Waals surface area contributed by atoms with Gasteiger partial charge in [-0.3, -0.25) is 0 Å². The zero-order valence-corrected chi connectivity index (χ0v) is 14.2. The number of para-hydroxylation sites is 1. The van der Waals surface area contributed by atoms with Crippen molar-refractivity contribution in [2.24, 2.45) is 0 Å². The van der Waals surface area contributed by atoms with Gasteiger partial charge in [-0.25, -0.2) is 4.98 Å². The quantitative estimate of drug-likeness (QED) is 0.596. The Kier molecular flexibility index (Phi) is 4.92. The molecule has 3 nitrogen and oxygen atoms in total. The van der Waals surface area contributed by atoms with Crippen molar-refractivity contribution in [1.82, 2.24) is 9.55 Å². The summed E-state index contributed by atoms with van der Waals surface area (Å²) in [6, 6.07) is 10.4. The Morgan fingerprint density at radius 2 is 1.68 bits per heavy atom. The van der Waals surface area contributed by atoms with Crippen molar-refractivity contribution in [2.45, 2.75) is 12.7 Å². The summed E-state index contributed by atoms with van der Waals surface area (Å²) >= 11 is 12.2. The van der Waals surface area contributed by atoms with Crippen LogP contribution in [0.25, 0.3) is 0 Å². The van der Waals surface area contributed by atoms with Gasteiger partial charge in [0.05, 0.1) is 27.8 Å².